The molecule has 1 unspecified atom stereocenters. The standard InChI is InChI=1S/C9H18OS/c1-4-11-8-5-6-10-9(2,3)7-8/h8H,4-7H2,1-3H3. The highest BCUT2D eigenvalue weighted by Gasteiger charge is 2.28. The molecule has 1 fully saturated rings. The predicted octanol–water partition coefficient (Wildman–Crippen LogP) is 2.70. The smallest absolute Gasteiger partial charge is 0.0637 e. The molecule has 1 rings (SSSR count). The topological polar surface area (TPSA) is 9.23 Å². The molecule has 0 amide bonds. The lowest BCUT2D eigenvalue weighted by atomic mass is 9.98. The Hall–Kier alpha value is 0.310. The van der Waals surface area contributed by atoms with Crippen LogP contribution in [0.25, 0.3) is 0 Å². The van der Waals surface area contributed by atoms with Crippen LogP contribution in [0, 0.1) is 0 Å². The molecule has 1 saturated heterocycles. The van der Waals surface area contributed by atoms with Crippen LogP contribution in [-0.4, -0.2) is 23.2 Å². The van der Waals surface area contributed by atoms with Gasteiger partial charge in [-0.1, -0.05) is 6.92 Å². The molecule has 66 valence electrons. The molecule has 0 radical (unpaired) electrons. The van der Waals surface area contributed by atoms with Crippen LogP contribution < -0.4 is 0 Å². The fourth-order valence-corrected chi connectivity index (χ4v) is 2.81. The molecule has 0 aromatic heterocycles. The molecule has 0 N–H and O–H groups in total. The van der Waals surface area contributed by atoms with Gasteiger partial charge in [0.05, 0.1) is 5.60 Å². The number of ether oxygens (including phenoxy) is 1. The van der Waals surface area contributed by atoms with Gasteiger partial charge >= 0.3 is 0 Å². The van der Waals surface area contributed by atoms with Gasteiger partial charge in [-0.3, -0.25) is 0 Å². The lowest BCUT2D eigenvalue weighted by Gasteiger charge is -2.35. The van der Waals surface area contributed by atoms with E-state index in [2.05, 4.69) is 32.5 Å². The Labute approximate surface area is 73.9 Å². The van der Waals surface area contributed by atoms with Crippen LogP contribution in [0.3, 0.4) is 0 Å². The molecular weight excluding hydrogens is 156 g/mol. The van der Waals surface area contributed by atoms with Crippen LogP contribution in [0.2, 0.25) is 0 Å². The van der Waals surface area contributed by atoms with Gasteiger partial charge in [-0.05, 0) is 32.4 Å². The summed E-state index contributed by atoms with van der Waals surface area (Å²) < 4.78 is 5.63. The maximum Gasteiger partial charge on any atom is 0.0637 e. The second-order valence-electron chi connectivity index (χ2n) is 3.68. The Kier molecular flexibility index (Phi) is 3.26. The van der Waals surface area contributed by atoms with E-state index in [9.17, 15) is 0 Å². The first-order valence-corrected chi connectivity index (χ1v) is 5.44. The van der Waals surface area contributed by atoms with Crippen LogP contribution in [0.4, 0.5) is 0 Å². The summed E-state index contributed by atoms with van der Waals surface area (Å²) in [7, 11) is 0. The van der Waals surface area contributed by atoms with E-state index < -0.39 is 0 Å². The van der Waals surface area contributed by atoms with Crippen molar-refractivity contribution in [1.82, 2.24) is 0 Å². The average molecular weight is 174 g/mol. The Balaban J connectivity index is 2.34. The van der Waals surface area contributed by atoms with Gasteiger partial charge in [0.15, 0.2) is 0 Å². The molecule has 0 aromatic rings. The third kappa shape index (κ3) is 3.04. The molecule has 1 heterocycles. The molecule has 0 spiro atoms. The van der Waals surface area contributed by atoms with Crippen molar-refractivity contribution in [2.75, 3.05) is 12.4 Å². The van der Waals surface area contributed by atoms with Crippen LogP contribution in [0.5, 0.6) is 0 Å². The van der Waals surface area contributed by atoms with Crippen molar-refractivity contribution in [2.24, 2.45) is 0 Å². The maximum absolute atomic E-state index is 5.63. The Bertz CT molecular complexity index is 121. The van der Waals surface area contributed by atoms with E-state index in [-0.39, 0.29) is 5.60 Å². The van der Waals surface area contributed by atoms with Crippen LogP contribution in [0.15, 0.2) is 0 Å². The van der Waals surface area contributed by atoms with Crippen LogP contribution >= 0.6 is 11.8 Å². The van der Waals surface area contributed by atoms with Crippen molar-refractivity contribution in [3.05, 3.63) is 0 Å². The minimum atomic E-state index is 0.130. The summed E-state index contributed by atoms with van der Waals surface area (Å²) >= 11 is 2.07. The van der Waals surface area contributed by atoms with Gasteiger partial charge in [-0.25, -0.2) is 0 Å². The first-order valence-electron chi connectivity index (χ1n) is 4.39. The molecule has 11 heavy (non-hydrogen) atoms. The number of hydrogen-bond acceptors (Lipinski definition) is 2. The predicted molar refractivity (Wildman–Crippen MR) is 51.2 cm³/mol. The first-order chi connectivity index (χ1) is 5.14. The van der Waals surface area contributed by atoms with Gasteiger partial charge in [0.1, 0.15) is 0 Å². The molecule has 1 aliphatic heterocycles. The van der Waals surface area contributed by atoms with Gasteiger partial charge in [-0.2, -0.15) is 11.8 Å². The summed E-state index contributed by atoms with van der Waals surface area (Å²) in [5.74, 6) is 1.24. The molecular formula is C9H18OS. The SMILES string of the molecule is CCSC1CCOC(C)(C)C1. The van der Waals surface area contributed by atoms with Crippen molar-refractivity contribution in [1.29, 1.82) is 0 Å². The minimum Gasteiger partial charge on any atom is -0.375 e. The van der Waals surface area contributed by atoms with E-state index in [0.717, 1.165) is 11.9 Å². The molecule has 1 atom stereocenters. The van der Waals surface area contributed by atoms with Crippen molar-refractivity contribution < 1.29 is 4.74 Å². The third-order valence-electron chi connectivity index (χ3n) is 2.05. The largest absolute Gasteiger partial charge is 0.375 e. The fraction of sp³-hybridized carbons (Fsp3) is 1.00. The monoisotopic (exact) mass is 174 g/mol. The third-order valence-corrected chi connectivity index (χ3v) is 3.26. The zero-order chi connectivity index (χ0) is 8.32. The zero-order valence-corrected chi connectivity index (χ0v) is 8.54. The molecule has 0 aliphatic carbocycles. The first kappa shape index (κ1) is 9.40. The number of rotatable bonds is 2. The molecule has 1 aliphatic rings. The van der Waals surface area contributed by atoms with E-state index in [4.69, 9.17) is 4.74 Å². The highest BCUT2D eigenvalue weighted by atomic mass is 32.2. The maximum atomic E-state index is 5.63. The highest BCUT2D eigenvalue weighted by Crippen LogP contribution is 2.31. The number of hydrogen-bond donors (Lipinski definition) is 0. The lowest BCUT2D eigenvalue weighted by Crippen LogP contribution is -2.35. The summed E-state index contributed by atoms with van der Waals surface area (Å²) in [6.07, 6.45) is 2.45. The van der Waals surface area contributed by atoms with E-state index >= 15 is 0 Å². The lowest BCUT2D eigenvalue weighted by molar-refractivity contribution is -0.0485. The van der Waals surface area contributed by atoms with E-state index in [1.807, 2.05) is 0 Å². The normalized spacial score (nSPS) is 30.3. The zero-order valence-electron chi connectivity index (χ0n) is 7.72. The highest BCUT2D eigenvalue weighted by molar-refractivity contribution is 7.99. The Morgan fingerprint density at radius 3 is 2.82 bits per heavy atom. The molecule has 0 bridgehead atoms. The van der Waals surface area contributed by atoms with Crippen molar-refractivity contribution in [3.63, 3.8) is 0 Å². The van der Waals surface area contributed by atoms with Crippen molar-refractivity contribution in [3.8, 4) is 0 Å². The van der Waals surface area contributed by atoms with Crippen LogP contribution in [0.1, 0.15) is 33.6 Å². The average Bonchev–Trinajstić information content (AvgIpc) is 1.85. The molecule has 1 nitrogen and oxygen atoms in total. The summed E-state index contributed by atoms with van der Waals surface area (Å²) in [6.45, 7) is 7.56. The van der Waals surface area contributed by atoms with Crippen LogP contribution in [-0.2, 0) is 4.74 Å². The van der Waals surface area contributed by atoms with Gasteiger partial charge in [0, 0.05) is 11.9 Å². The van der Waals surface area contributed by atoms with Gasteiger partial charge < -0.3 is 4.74 Å². The summed E-state index contributed by atoms with van der Waals surface area (Å²) in [6, 6.07) is 0. The Morgan fingerprint density at radius 1 is 1.55 bits per heavy atom. The molecule has 0 aromatic carbocycles. The minimum absolute atomic E-state index is 0.130. The van der Waals surface area contributed by atoms with Gasteiger partial charge in [0.2, 0.25) is 0 Å². The molecule has 2 heteroatoms. The van der Waals surface area contributed by atoms with E-state index in [1.165, 1.54) is 18.6 Å². The van der Waals surface area contributed by atoms with Crippen molar-refractivity contribution >= 4 is 11.8 Å². The fourth-order valence-electron chi connectivity index (χ4n) is 1.55. The summed E-state index contributed by atoms with van der Waals surface area (Å²) in [5, 5.41) is 0.837. The molecule has 0 saturated carbocycles. The number of thioether (sulfide) groups is 1. The van der Waals surface area contributed by atoms with E-state index in [0.29, 0.717) is 0 Å². The van der Waals surface area contributed by atoms with Crippen molar-refractivity contribution in [2.45, 2.75) is 44.5 Å². The van der Waals surface area contributed by atoms with Gasteiger partial charge in [0.25, 0.3) is 0 Å². The Morgan fingerprint density at radius 2 is 2.27 bits per heavy atom. The second kappa shape index (κ2) is 3.81. The van der Waals surface area contributed by atoms with E-state index in [1.54, 1.807) is 0 Å². The second-order valence-corrected chi connectivity index (χ2v) is 5.26. The summed E-state index contributed by atoms with van der Waals surface area (Å²) in [5.41, 5.74) is 0.130. The quantitative estimate of drug-likeness (QED) is 0.636. The summed E-state index contributed by atoms with van der Waals surface area (Å²) in [4.78, 5) is 0. The van der Waals surface area contributed by atoms with Gasteiger partial charge in [-0.15, -0.1) is 0 Å².